The molecule has 4 aliphatic heterocycles. The van der Waals surface area contributed by atoms with Gasteiger partial charge < -0.3 is 20.3 Å². The summed E-state index contributed by atoms with van der Waals surface area (Å²) in [6, 6.07) is 13.0. The zero-order valence-corrected chi connectivity index (χ0v) is 20.7. The van der Waals surface area contributed by atoms with Crippen LogP contribution in [0.4, 0.5) is 17.3 Å². The maximum Gasteiger partial charge on any atom is 0.183 e. The molecule has 2 bridgehead atoms. The van der Waals surface area contributed by atoms with Crippen LogP contribution in [0.5, 0.6) is 5.75 Å². The first-order valence-corrected chi connectivity index (χ1v) is 13.4. The zero-order chi connectivity index (χ0) is 24.6. The molecule has 0 radical (unpaired) electrons. The van der Waals surface area contributed by atoms with E-state index in [2.05, 4.69) is 49.2 Å². The molecule has 0 saturated carbocycles. The number of benzene rings is 1. The Balaban J connectivity index is 1.12. The highest BCUT2D eigenvalue weighted by Crippen LogP contribution is 2.51. The van der Waals surface area contributed by atoms with E-state index in [9.17, 15) is 0 Å². The van der Waals surface area contributed by atoms with Gasteiger partial charge in [0.1, 0.15) is 17.2 Å². The number of hydrogen-bond acceptors (Lipinski definition) is 8. The molecule has 1 spiro atoms. The van der Waals surface area contributed by atoms with Crippen molar-refractivity contribution in [1.29, 1.82) is 0 Å². The second-order valence-electron chi connectivity index (χ2n) is 10.9. The molecule has 2 saturated heterocycles. The molecule has 9 heteroatoms. The number of nitrogens with one attached hydrogen (secondary N) is 1. The SMILES string of the molecule is N[C@@H]1c2ccccc2O[C@]12CC[C@H]1CCC(C2)N1c1cnc2c(N3CCCc4ncccc43)n[nH]c2n1. The average Bonchev–Trinajstić information content (AvgIpc) is 3.57. The van der Waals surface area contributed by atoms with Crippen molar-refractivity contribution in [3.8, 4) is 5.75 Å². The number of hydrogen-bond donors (Lipinski definition) is 2. The van der Waals surface area contributed by atoms with Crippen molar-refractivity contribution in [2.45, 2.75) is 68.7 Å². The Bertz CT molecular complexity index is 1500. The van der Waals surface area contributed by atoms with Crippen molar-refractivity contribution in [2.24, 2.45) is 5.73 Å². The van der Waals surface area contributed by atoms with Gasteiger partial charge in [0.2, 0.25) is 0 Å². The van der Waals surface area contributed by atoms with Gasteiger partial charge in [-0.15, -0.1) is 0 Å². The Morgan fingerprint density at radius 3 is 2.92 bits per heavy atom. The minimum Gasteiger partial charge on any atom is -0.485 e. The van der Waals surface area contributed by atoms with Gasteiger partial charge in [-0.3, -0.25) is 10.1 Å². The molecular formula is C28H30N8O. The summed E-state index contributed by atoms with van der Waals surface area (Å²) >= 11 is 0. The van der Waals surface area contributed by atoms with E-state index in [1.807, 2.05) is 24.5 Å². The van der Waals surface area contributed by atoms with Gasteiger partial charge in [-0.1, -0.05) is 18.2 Å². The lowest BCUT2D eigenvalue weighted by atomic mass is 9.80. The number of aromatic amines is 1. The van der Waals surface area contributed by atoms with Crippen LogP contribution < -0.4 is 20.3 Å². The van der Waals surface area contributed by atoms with Crippen molar-refractivity contribution in [3.05, 3.63) is 60.0 Å². The van der Waals surface area contributed by atoms with Crippen LogP contribution in [-0.4, -0.2) is 49.4 Å². The van der Waals surface area contributed by atoms with Gasteiger partial charge in [-0.2, -0.15) is 5.10 Å². The van der Waals surface area contributed by atoms with E-state index in [-0.39, 0.29) is 11.6 Å². The van der Waals surface area contributed by atoms with Crippen LogP contribution in [0.15, 0.2) is 48.8 Å². The Labute approximate surface area is 215 Å². The van der Waals surface area contributed by atoms with E-state index < -0.39 is 0 Å². The van der Waals surface area contributed by atoms with E-state index in [0.717, 1.165) is 97.0 Å². The molecule has 9 nitrogen and oxygen atoms in total. The summed E-state index contributed by atoms with van der Waals surface area (Å²) in [5, 5.41) is 7.83. The lowest BCUT2D eigenvalue weighted by Crippen LogP contribution is -2.45. The summed E-state index contributed by atoms with van der Waals surface area (Å²) in [5.41, 5.74) is 11.4. The lowest BCUT2D eigenvalue weighted by Gasteiger charge is -2.35. The molecule has 0 amide bonds. The minimum atomic E-state index is -0.351. The van der Waals surface area contributed by atoms with Crippen LogP contribution in [0.25, 0.3) is 11.2 Å². The Hall–Kier alpha value is -3.72. The monoisotopic (exact) mass is 494 g/mol. The lowest BCUT2D eigenvalue weighted by molar-refractivity contribution is 0.0449. The van der Waals surface area contributed by atoms with E-state index in [4.69, 9.17) is 20.4 Å². The number of nitrogens with zero attached hydrogens (tertiary/aromatic N) is 6. The molecule has 8 rings (SSSR count). The number of rotatable bonds is 2. The van der Waals surface area contributed by atoms with E-state index >= 15 is 0 Å². The fourth-order valence-electron chi connectivity index (χ4n) is 7.21. The van der Waals surface area contributed by atoms with Gasteiger partial charge in [-0.25, -0.2) is 9.97 Å². The highest BCUT2D eigenvalue weighted by molar-refractivity contribution is 5.87. The Kier molecular flexibility index (Phi) is 4.56. The second kappa shape index (κ2) is 7.89. The van der Waals surface area contributed by atoms with Crippen molar-refractivity contribution >= 4 is 28.5 Å². The summed E-state index contributed by atoms with van der Waals surface area (Å²) in [5.74, 6) is 2.68. The van der Waals surface area contributed by atoms with Gasteiger partial charge in [-0.05, 0) is 56.7 Å². The van der Waals surface area contributed by atoms with E-state index in [0.29, 0.717) is 12.1 Å². The smallest absolute Gasteiger partial charge is 0.183 e. The van der Waals surface area contributed by atoms with Gasteiger partial charge in [0.15, 0.2) is 17.0 Å². The third kappa shape index (κ3) is 3.13. The molecule has 4 atom stereocenters. The van der Waals surface area contributed by atoms with Gasteiger partial charge in [0.25, 0.3) is 0 Å². The van der Waals surface area contributed by atoms with Crippen LogP contribution in [0.2, 0.25) is 0 Å². The predicted molar refractivity (Wildman–Crippen MR) is 141 cm³/mol. The van der Waals surface area contributed by atoms with Crippen LogP contribution in [0.1, 0.15) is 55.8 Å². The number of anilines is 3. The highest BCUT2D eigenvalue weighted by Gasteiger charge is 2.53. The molecule has 1 aromatic carbocycles. The Morgan fingerprint density at radius 2 is 1.97 bits per heavy atom. The van der Waals surface area contributed by atoms with Crippen molar-refractivity contribution < 1.29 is 4.74 Å². The quantitative estimate of drug-likeness (QED) is 0.427. The topological polar surface area (TPSA) is 109 Å². The maximum atomic E-state index is 6.83. The average molecular weight is 495 g/mol. The first-order chi connectivity index (χ1) is 18.2. The van der Waals surface area contributed by atoms with Crippen LogP contribution in [0.3, 0.4) is 0 Å². The molecule has 7 heterocycles. The molecule has 1 unspecified atom stereocenters. The summed E-state index contributed by atoms with van der Waals surface area (Å²) in [7, 11) is 0. The number of aromatic nitrogens is 5. The normalized spacial score (nSPS) is 28.3. The summed E-state index contributed by atoms with van der Waals surface area (Å²) in [6.07, 6.45) is 11.0. The van der Waals surface area contributed by atoms with Crippen molar-refractivity contribution in [2.75, 3.05) is 16.3 Å². The molecule has 37 heavy (non-hydrogen) atoms. The third-order valence-electron chi connectivity index (χ3n) is 8.95. The number of ether oxygens (including phenoxy) is 1. The molecule has 3 aromatic heterocycles. The molecule has 0 aliphatic carbocycles. The summed E-state index contributed by atoms with van der Waals surface area (Å²) < 4.78 is 6.62. The van der Waals surface area contributed by atoms with Crippen LogP contribution >= 0.6 is 0 Å². The maximum absolute atomic E-state index is 6.83. The number of aryl methyl sites for hydroxylation is 1. The summed E-state index contributed by atoms with van der Waals surface area (Å²) in [4.78, 5) is 19.2. The van der Waals surface area contributed by atoms with Crippen molar-refractivity contribution in [3.63, 3.8) is 0 Å². The third-order valence-corrected chi connectivity index (χ3v) is 8.95. The largest absolute Gasteiger partial charge is 0.485 e. The Morgan fingerprint density at radius 1 is 1.05 bits per heavy atom. The number of nitrogens with two attached hydrogens (primary N) is 1. The zero-order valence-electron chi connectivity index (χ0n) is 20.7. The molecule has 4 aliphatic rings. The fraction of sp³-hybridized carbons (Fsp3) is 0.429. The number of H-pyrrole nitrogens is 1. The van der Waals surface area contributed by atoms with Gasteiger partial charge >= 0.3 is 0 Å². The first-order valence-electron chi connectivity index (χ1n) is 13.4. The number of para-hydroxylation sites is 1. The van der Waals surface area contributed by atoms with E-state index in [1.54, 1.807) is 0 Å². The number of pyridine rings is 1. The first kappa shape index (κ1) is 21.4. The molecule has 3 N–H and O–H groups in total. The van der Waals surface area contributed by atoms with Gasteiger partial charge in [0.05, 0.1) is 23.6 Å². The van der Waals surface area contributed by atoms with Gasteiger partial charge in [0, 0.05) is 36.8 Å². The van der Waals surface area contributed by atoms with E-state index in [1.165, 1.54) is 0 Å². The predicted octanol–water partition coefficient (Wildman–Crippen LogP) is 4.18. The number of fused-ring (bicyclic) bond motifs is 5. The molecule has 4 aromatic rings. The van der Waals surface area contributed by atoms with Crippen LogP contribution in [0, 0.1) is 0 Å². The fourth-order valence-corrected chi connectivity index (χ4v) is 7.21. The summed E-state index contributed by atoms with van der Waals surface area (Å²) in [6.45, 7) is 0.892. The molecule has 188 valence electrons. The molecular weight excluding hydrogens is 464 g/mol. The van der Waals surface area contributed by atoms with Crippen molar-refractivity contribution in [1.82, 2.24) is 25.1 Å². The van der Waals surface area contributed by atoms with Crippen LogP contribution in [-0.2, 0) is 6.42 Å². The highest BCUT2D eigenvalue weighted by atomic mass is 16.5. The minimum absolute atomic E-state index is 0.101. The second-order valence-corrected chi connectivity index (χ2v) is 10.9. The molecule has 2 fully saturated rings. The standard InChI is InChI=1S/C28H30N8O/c29-25-19-5-1-2-8-22(19)37-28(25)12-11-17-9-10-18(15-28)36(17)23-16-31-24-26(32-23)33-34-27(24)35-14-4-6-20-21(35)7-3-13-30-20/h1-3,5,7-8,13,16-18,25H,4,6,9-12,14-15,29H2,(H,32,33,34)/t17-,18?,25-,28+/m1/s1.